The van der Waals surface area contributed by atoms with E-state index in [1.54, 1.807) is 0 Å². The Morgan fingerprint density at radius 3 is 2.21 bits per heavy atom. The van der Waals surface area contributed by atoms with Gasteiger partial charge in [-0.05, 0) is 18.1 Å². The summed E-state index contributed by atoms with van der Waals surface area (Å²) < 4.78 is 0. The van der Waals surface area contributed by atoms with Gasteiger partial charge in [-0.25, -0.2) is 0 Å². The van der Waals surface area contributed by atoms with Gasteiger partial charge in [0.15, 0.2) is 0 Å². The van der Waals surface area contributed by atoms with Crippen LogP contribution in [0.15, 0.2) is 30.3 Å². The lowest BCUT2D eigenvalue weighted by atomic mass is 9.97. The number of rotatable bonds is 3. The molecule has 0 aromatic heterocycles. The molecule has 1 aromatic rings. The van der Waals surface area contributed by atoms with Crippen LogP contribution in [0.2, 0.25) is 0 Å². The molecule has 0 radical (unpaired) electrons. The van der Waals surface area contributed by atoms with Gasteiger partial charge in [-0.15, -0.1) is 0 Å². The first-order chi connectivity index (χ1) is 6.61. The van der Waals surface area contributed by atoms with E-state index < -0.39 is 0 Å². The number of nitrogens with one attached hydrogen (secondary N) is 1. The van der Waals surface area contributed by atoms with Crippen LogP contribution >= 0.6 is 0 Å². The highest BCUT2D eigenvalue weighted by atomic mass is 16.1. The van der Waals surface area contributed by atoms with Crippen LogP contribution in [0, 0.1) is 11.8 Å². The summed E-state index contributed by atoms with van der Waals surface area (Å²) in [6, 6.07) is 9.54. The Labute approximate surface area is 85.3 Å². The van der Waals surface area contributed by atoms with Crippen molar-refractivity contribution in [2.75, 3.05) is 5.32 Å². The summed E-state index contributed by atoms with van der Waals surface area (Å²) in [6.07, 6.45) is 0. The third-order valence-corrected chi connectivity index (χ3v) is 2.45. The number of benzene rings is 1. The number of hydrogen-bond donors (Lipinski definition) is 1. The molecular weight excluding hydrogens is 174 g/mol. The summed E-state index contributed by atoms with van der Waals surface area (Å²) in [5.41, 5.74) is 0.866. The zero-order valence-corrected chi connectivity index (χ0v) is 8.95. The van der Waals surface area contributed by atoms with Gasteiger partial charge in [0.25, 0.3) is 0 Å². The maximum atomic E-state index is 11.6. The van der Waals surface area contributed by atoms with Crippen molar-refractivity contribution in [1.29, 1.82) is 0 Å². The van der Waals surface area contributed by atoms with E-state index in [1.807, 2.05) is 37.3 Å². The molecule has 0 saturated heterocycles. The second-order valence-electron chi connectivity index (χ2n) is 3.89. The molecule has 0 aliphatic rings. The average molecular weight is 191 g/mol. The highest BCUT2D eigenvalue weighted by Gasteiger charge is 2.16. The number of para-hydroxylation sites is 1. The van der Waals surface area contributed by atoms with E-state index in [9.17, 15) is 4.79 Å². The van der Waals surface area contributed by atoms with Gasteiger partial charge in [0.1, 0.15) is 0 Å². The fourth-order valence-electron chi connectivity index (χ4n) is 1.08. The summed E-state index contributed by atoms with van der Waals surface area (Å²) in [4.78, 5) is 11.6. The van der Waals surface area contributed by atoms with Crippen molar-refractivity contribution in [2.45, 2.75) is 20.8 Å². The third kappa shape index (κ3) is 2.87. The van der Waals surface area contributed by atoms with E-state index in [-0.39, 0.29) is 11.8 Å². The van der Waals surface area contributed by atoms with Gasteiger partial charge in [-0.2, -0.15) is 0 Å². The summed E-state index contributed by atoms with van der Waals surface area (Å²) in [7, 11) is 0. The third-order valence-electron chi connectivity index (χ3n) is 2.45. The molecule has 0 spiro atoms. The monoisotopic (exact) mass is 191 g/mol. The van der Waals surface area contributed by atoms with E-state index in [0.29, 0.717) is 5.92 Å². The minimum atomic E-state index is 0.0511. The lowest BCUT2D eigenvalue weighted by Crippen LogP contribution is -2.24. The lowest BCUT2D eigenvalue weighted by molar-refractivity contribution is -0.120. The van der Waals surface area contributed by atoms with Crippen molar-refractivity contribution in [1.82, 2.24) is 0 Å². The summed E-state index contributed by atoms with van der Waals surface area (Å²) in [5.74, 6) is 0.514. The summed E-state index contributed by atoms with van der Waals surface area (Å²) in [6.45, 7) is 6.05. The molecule has 0 fully saturated rings. The molecule has 1 atom stereocenters. The molecule has 1 rings (SSSR count). The second kappa shape index (κ2) is 4.80. The van der Waals surface area contributed by atoms with Crippen molar-refractivity contribution in [2.24, 2.45) is 11.8 Å². The smallest absolute Gasteiger partial charge is 0.227 e. The minimum Gasteiger partial charge on any atom is -0.326 e. The first-order valence-corrected chi connectivity index (χ1v) is 4.97. The Morgan fingerprint density at radius 2 is 1.71 bits per heavy atom. The molecule has 0 unspecified atom stereocenters. The van der Waals surface area contributed by atoms with Crippen LogP contribution in [0.3, 0.4) is 0 Å². The fourth-order valence-corrected chi connectivity index (χ4v) is 1.08. The standard InChI is InChI=1S/C12H17NO/c1-9(2)10(3)12(14)13-11-7-5-4-6-8-11/h4-10H,1-3H3,(H,13,14)/t10-/m1/s1. The molecule has 14 heavy (non-hydrogen) atoms. The first kappa shape index (κ1) is 10.8. The molecule has 76 valence electrons. The predicted octanol–water partition coefficient (Wildman–Crippen LogP) is 2.92. The van der Waals surface area contributed by atoms with Gasteiger partial charge in [-0.1, -0.05) is 39.0 Å². The van der Waals surface area contributed by atoms with Crippen LogP contribution in [0.5, 0.6) is 0 Å². The molecule has 0 bridgehead atoms. The van der Waals surface area contributed by atoms with Crippen molar-refractivity contribution in [3.8, 4) is 0 Å². The zero-order valence-electron chi connectivity index (χ0n) is 8.95. The SMILES string of the molecule is CC(C)[C@@H](C)C(=O)Nc1ccccc1. The Kier molecular flexibility index (Phi) is 3.69. The summed E-state index contributed by atoms with van der Waals surface area (Å²) >= 11 is 0. The fraction of sp³-hybridized carbons (Fsp3) is 0.417. The van der Waals surface area contributed by atoms with Gasteiger partial charge < -0.3 is 5.32 Å². The van der Waals surface area contributed by atoms with E-state index >= 15 is 0 Å². The van der Waals surface area contributed by atoms with Crippen molar-refractivity contribution < 1.29 is 4.79 Å². The molecule has 1 amide bonds. The van der Waals surface area contributed by atoms with E-state index in [1.165, 1.54) is 0 Å². The second-order valence-corrected chi connectivity index (χ2v) is 3.89. The molecular formula is C12H17NO. The quantitative estimate of drug-likeness (QED) is 0.782. The van der Waals surface area contributed by atoms with E-state index in [2.05, 4.69) is 19.2 Å². The highest BCUT2D eigenvalue weighted by molar-refractivity contribution is 5.92. The molecule has 1 N–H and O–H groups in total. The lowest BCUT2D eigenvalue weighted by Gasteiger charge is -2.15. The molecule has 0 heterocycles. The molecule has 0 aliphatic heterocycles. The van der Waals surface area contributed by atoms with Crippen LogP contribution in [0.1, 0.15) is 20.8 Å². The van der Waals surface area contributed by atoms with Gasteiger partial charge in [0.2, 0.25) is 5.91 Å². The number of carbonyl (C=O) groups is 1. The maximum Gasteiger partial charge on any atom is 0.227 e. The number of amides is 1. The van der Waals surface area contributed by atoms with E-state index in [4.69, 9.17) is 0 Å². The molecule has 2 nitrogen and oxygen atoms in total. The van der Waals surface area contributed by atoms with Crippen molar-refractivity contribution in [3.63, 3.8) is 0 Å². The number of carbonyl (C=O) groups excluding carboxylic acids is 1. The van der Waals surface area contributed by atoms with Gasteiger partial charge in [-0.3, -0.25) is 4.79 Å². The molecule has 2 heteroatoms. The van der Waals surface area contributed by atoms with Crippen LogP contribution in [-0.4, -0.2) is 5.91 Å². The van der Waals surface area contributed by atoms with E-state index in [0.717, 1.165) is 5.69 Å². The Morgan fingerprint density at radius 1 is 1.14 bits per heavy atom. The topological polar surface area (TPSA) is 29.1 Å². The van der Waals surface area contributed by atoms with Crippen LogP contribution in [-0.2, 0) is 4.79 Å². The van der Waals surface area contributed by atoms with Crippen LogP contribution in [0.25, 0.3) is 0 Å². The molecule has 1 aromatic carbocycles. The Hall–Kier alpha value is -1.31. The minimum absolute atomic E-state index is 0.0511. The summed E-state index contributed by atoms with van der Waals surface area (Å²) in [5, 5.41) is 2.88. The van der Waals surface area contributed by atoms with Crippen LogP contribution < -0.4 is 5.32 Å². The zero-order chi connectivity index (χ0) is 10.6. The number of anilines is 1. The number of hydrogen-bond acceptors (Lipinski definition) is 1. The van der Waals surface area contributed by atoms with Gasteiger partial charge in [0.05, 0.1) is 0 Å². The predicted molar refractivity (Wildman–Crippen MR) is 59.1 cm³/mol. The Bertz CT molecular complexity index is 292. The van der Waals surface area contributed by atoms with Gasteiger partial charge >= 0.3 is 0 Å². The largest absolute Gasteiger partial charge is 0.326 e. The highest BCUT2D eigenvalue weighted by Crippen LogP contribution is 2.13. The maximum absolute atomic E-state index is 11.6. The van der Waals surface area contributed by atoms with Crippen molar-refractivity contribution >= 4 is 11.6 Å². The van der Waals surface area contributed by atoms with Crippen LogP contribution in [0.4, 0.5) is 5.69 Å². The van der Waals surface area contributed by atoms with Crippen molar-refractivity contribution in [3.05, 3.63) is 30.3 Å². The normalized spacial score (nSPS) is 12.6. The molecule has 0 saturated carbocycles. The molecule has 0 aliphatic carbocycles. The average Bonchev–Trinajstić information content (AvgIpc) is 2.18. The Balaban J connectivity index is 2.58. The first-order valence-electron chi connectivity index (χ1n) is 4.97. The van der Waals surface area contributed by atoms with Gasteiger partial charge in [0, 0.05) is 11.6 Å².